The van der Waals surface area contributed by atoms with Crippen LogP contribution in [0, 0.1) is 11.8 Å². The van der Waals surface area contributed by atoms with Gasteiger partial charge < -0.3 is 111 Å². The van der Waals surface area contributed by atoms with Crippen LogP contribution in [0.1, 0.15) is 207 Å². The first-order valence-electron chi connectivity index (χ1n) is 52.5. The first-order chi connectivity index (χ1) is 69.0. The molecule has 4 aliphatic rings. The van der Waals surface area contributed by atoms with E-state index in [1.807, 2.05) is 84.9 Å². The fourth-order valence-electron chi connectivity index (χ4n) is 19.6. The van der Waals surface area contributed by atoms with E-state index in [0.29, 0.717) is 29.8 Å². The number of benzene rings is 6. The van der Waals surface area contributed by atoms with Gasteiger partial charge in [-0.05, 0) is 235 Å². The van der Waals surface area contributed by atoms with Gasteiger partial charge in [0.25, 0.3) is 6.48 Å². The van der Waals surface area contributed by atoms with E-state index in [-0.39, 0.29) is 124 Å². The van der Waals surface area contributed by atoms with Gasteiger partial charge in [-0.15, -0.1) is 0 Å². The van der Waals surface area contributed by atoms with Gasteiger partial charge in [-0.1, -0.05) is 236 Å². The largest absolute Gasteiger partial charge is 0.658 e. The molecule has 0 unspecified atom stereocenters. The second-order valence-corrected chi connectivity index (χ2v) is 70.4. The minimum atomic E-state index is -3.62. The van der Waals surface area contributed by atoms with Gasteiger partial charge in [-0.25, -0.2) is 0 Å². The molecule has 2 saturated carbocycles. The van der Waals surface area contributed by atoms with Crippen LogP contribution in [0.5, 0.6) is 23.0 Å². The Morgan fingerprint density at radius 1 is 0.441 bits per heavy atom. The van der Waals surface area contributed by atoms with Crippen molar-refractivity contribution in [3.8, 4) is 23.0 Å². The van der Waals surface area contributed by atoms with Crippen LogP contribution in [0.2, 0.25) is 74.0 Å². The lowest BCUT2D eigenvalue weighted by atomic mass is 9.80. The molecule has 0 radical (unpaired) electrons. The van der Waals surface area contributed by atoms with E-state index < -0.39 is 96.4 Å². The molecule has 26 nitrogen and oxygen atoms in total. The second-order valence-electron chi connectivity index (χ2n) is 43.1. The Bertz CT molecular complexity index is 4450. The Labute approximate surface area is 882 Å². The van der Waals surface area contributed by atoms with Gasteiger partial charge >= 0.3 is 21.0 Å². The third-order valence-corrected chi connectivity index (χ3v) is 47.7. The minimum Gasteiger partial charge on any atom is -0.497 e. The molecule has 818 valence electrons. The zero-order valence-corrected chi connectivity index (χ0v) is 102. The molecule has 2 aliphatic heterocycles. The fourth-order valence-corrected chi connectivity index (χ4v) is 37.0. The van der Waals surface area contributed by atoms with E-state index in [2.05, 4.69) is 253 Å². The van der Waals surface area contributed by atoms with Crippen molar-refractivity contribution >= 4 is 78.7 Å². The first-order valence-corrected chi connectivity index (χ1v) is 72.1. The van der Waals surface area contributed by atoms with Crippen LogP contribution >= 0.6 is 24.4 Å². The topological polar surface area (TPSA) is 267 Å². The quantitative estimate of drug-likeness (QED) is 0.00928. The normalized spacial score (nSPS) is 21.6. The predicted molar refractivity (Wildman–Crippen MR) is 596 cm³/mol. The maximum Gasteiger partial charge on any atom is 0.658 e. The number of aliphatic hydroxyl groups excluding tert-OH is 1. The smallest absolute Gasteiger partial charge is 0.497 e. The van der Waals surface area contributed by atoms with Gasteiger partial charge in [0.15, 0.2) is 25.0 Å². The fraction of sp³-hybridized carbons (Fsp3) is 0.658. The summed E-state index contributed by atoms with van der Waals surface area (Å²) in [5, 5.41) is 3.57. The summed E-state index contributed by atoms with van der Waals surface area (Å²) in [6.45, 7) is 60.1. The summed E-state index contributed by atoms with van der Waals surface area (Å²) in [4.78, 5) is 22.6. The molecule has 0 aromatic heterocycles. The zero-order chi connectivity index (χ0) is 108. The van der Waals surface area contributed by atoms with Crippen molar-refractivity contribution in [1.29, 1.82) is 1.43 Å². The molecule has 0 amide bonds. The van der Waals surface area contributed by atoms with Crippen LogP contribution in [0.3, 0.4) is 0 Å². The van der Waals surface area contributed by atoms with Crippen molar-refractivity contribution in [1.82, 2.24) is 0 Å². The molecule has 6 aromatic carbocycles. The van der Waals surface area contributed by atoms with Crippen molar-refractivity contribution in [2.45, 2.75) is 333 Å². The molecule has 10 rings (SSSR count). The molecular weight excluding hydrogens is 1980 g/mol. The highest BCUT2D eigenvalue weighted by Gasteiger charge is 2.57. The van der Waals surface area contributed by atoms with E-state index in [1.54, 1.807) is 28.4 Å². The Hall–Kier alpha value is -4.89. The summed E-state index contributed by atoms with van der Waals surface area (Å²) in [6, 6.07) is 53.0. The number of hydrogen-bond donors (Lipinski definition) is 1. The number of carbonyl (C=O) groups is 2. The number of aliphatic hydroxyl groups is 1. The lowest BCUT2D eigenvalue weighted by Gasteiger charge is -2.42. The zero-order valence-electron chi connectivity index (χ0n) is 94.9. The number of methoxy groups -OCH3 is 4. The number of rotatable bonds is 50. The second kappa shape index (κ2) is 61.3. The summed E-state index contributed by atoms with van der Waals surface area (Å²) in [6.07, 6.45) is 11.3. The van der Waals surface area contributed by atoms with Gasteiger partial charge in [0.05, 0.1) is 85.4 Å². The van der Waals surface area contributed by atoms with Crippen LogP contribution in [0.15, 0.2) is 158 Å². The van der Waals surface area contributed by atoms with Crippen LogP contribution in [-0.2, 0) is 108 Å². The molecule has 0 bridgehead atoms. The van der Waals surface area contributed by atoms with Crippen molar-refractivity contribution in [3.05, 3.63) is 191 Å². The van der Waals surface area contributed by atoms with E-state index >= 15 is 0 Å². The molecule has 145 heavy (non-hydrogen) atoms. The first kappa shape index (κ1) is 125. The summed E-state index contributed by atoms with van der Waals surface area (Å²) >= 11 is 0. The van der Waals surface area contributed by atoms with E-state index in [1.165, 1.54) is 65.9 Å². The molecule has 2 heterocycles. The molecule has 2 aliphatic carbocycles. The van der Waals surface area contributed by atoms with Gasteiger partial charge in [-0.2, -0.15) is 0 Å². The van der Waals surface area contributed by atoms with Crippen molar-refractivity contribution in [2.75, 3.05) is 129 Å². The van der Waals surface area contributed by atoms with Gasteiger partial charge in [0, 0.05) is 57.9 Å². The van der Waals surface area contributed by atoms with Crippen LogP contribution < -0.4 is 18.9 Å². The van der Waals surface area contributed by atoms with Gasteiger partial charge in [0.1, 0.15) is 90.8 Å². The number of ether oxygens (including phenoxy) is 14. The molecule has 1 N–H and O–H groups in total. The monoisotopic (exact) mass is 2170 g/mol. The van der Waals surface area contributed by atoms with E-state index in [4.69, 9.17) is 107 Å². The molecule has 12 atom stereocenters. The Balaban J connectivity index is 0.000000294. The Morgan fingerprint density at radius 3 is 1.11 bits per heavy atom. The van der Waals surface area contributed by atoms with Crippen molar-refractivity contribution in [2.24, 2.45) is 11.8 Å². The Morgan fingerprint density at radius 2 is 0.779 bits per heavy atom. The highest BCUT2D eigenvalue weighted by atomic mass is 31.1. The summed E-state index contributed by atoms with van der Waals surface area (Å²) in [5.41, 5.74) is 5.41. The Kier molecular flexibility index (Phi) is 52.9. The molecule has 6 aromatic rings. The highest BCUT2D eigenvalue weighted by Crippen LogP contribution is 2.51. The summed E-state index contributed by atoms with van der Waals surface area (Å²) < 4.78 is 152. The lowest BCUT2D eigenvalue weighted by molar-refractivity contribution is -0.317. The predicted octanol–water partition coefficient (Wildman–Crippen LogP) is 25.6. The minimum absolute atomic E-state index is 0.0255. The van der Waals surface area contributed by atoms with E-state index in [0.717, 1.165) is 88.5 Å². The molecule has 34 heteroatoms. The highest BCUT2D eigenvalue weighted by molar-refractivity contribution is 7.51. The average molecular weight is 2170 g/mol. The van der Waals surface area contributed by atoms with Gasteiger partial charge in [-0.3, -0.25) is 9.59 Å². The molecule has 4 fully saturated rings. The summed E-state index contributed by atoms with van der Waals surface area (Å²) in [7, 11) is -6.32. The maximum absolute atomic E-state index is 11.3. The number of hydrogen-bond acceptors (Lipinski definition) is 26. The molecule has 2 saturated heterocycles. The van der Waals surface area contributed by atoms with Crippen LogP contribution in [-0.4, -0.2) is 263 Å². The maximum atomic E-state index is 11.3. The summed E-state index contributed by atoms with van der Waals surface area (Å²) in [5.74, 6) is 2.36. The average Bonchev–Trinajstić information content (AvgIpc) is 0.919. The molecular formula is C111H183O26P3Si5. The van der Waals surface area contributed by atoms with Crippen LogP contribution in [0.25, 0.3) is 0 Å². The lowest BCUT2D eigenvalue weighted by Crippen LogP contribution is -2.61. The van der Waals surface area contributed by atoms with Crippen LogP contribution in [0.4, 0.5) is 0 Å². The van der Waals surface area contributed by atoms with Gasteiger partial charge in [0.2, 0.25) is 9.75 Å². The molecule has 0 spiro atoms. The number of carbonyl (C=O) groups excluding carboxylic acids is 2. The van der Waals surface area contributed by atoms with Crippen molar-refractivity contribution in [3.63, 3.8) is 0 Å². The van der Waals surface area contributed by atoms with E-state index in [9.17, 15) is 9.59 Å². The third kappa shape index (κ3) is 38.4. The SMILES string of the molecule is CC(=O)OCCOC(OCCOC(C)=O)O[C@@H]1[C@H](OP(C)C)[C@@H](CO[Si](OC2CCCCCCCCCCC2)(O[Si](C)(C)C)O[Si](C)(C)C)C[C@H]1C.COc1ccc(C(OC[C@H]2O[C@@H](C)[C@H](OCO[Si](C(C)C)(C(C)C)C(C)C)[C@@H]2OP(C)C)(c2ccccc2)c2ccc(OC)cc2)cc1.COc1ccc(C(OC[C@H]2O[C@@H](C)[C@H](O[Si](C)(C)C(C)(C)C)[C@@H]2OP(C)C)(c2ccccc2)c2ccc(OC)cc2)cc1.[3H]OC. The van der Waals surface area contributed by atoms with Crippen molar-refractivity contribution < 1.29 is 121 Å². The third-order valence-electron chi connectivity index (χ3n) is 27.1. The standard InChI is InChI=1S/C39H57O7PSi.C36H73O12PSi3.C35H49O6PSi.CH4O/c1-27(2)48(28(3)4,29(5)6)44-26-42-37-30(7)45-36(38(37)46-47(10)11)25-43-39(31-15-13-12-14-16-31,32-17-21-34(40-8)22-18-32)33-19-23-35(41-9)24-20-33;1-29-27-32(35(45-49(4)5)34(29)44-36(41-25-23-39-30(2)37)42-26-24-40-31(3)38)28-43-52(47-50(6,7)8,48-51(9,10)11)46-33-21-19-17-15-13-12-14-16-18-20-22-33;1-25-32(41-43(9,10)34(2,3)4)33(40-42(7)8)31(39-25)24-38-35(26-14-12-11-13-15-26,27-16-20-29(36-5)21-17-27)28-18-22-30(37-6)23-19-28;1-2/h12-24,27-30,36-38H,25-26H2,1-11H3;29,32-36H,12-28H2,1-11H3;11-23,25,31-33H,24H2,1-10H3;2H,1H3/t30-,36+,37-,38+;29-,32-,34+,35-;25-,31+,32-,33+;/m010./s1/i;;;2T. The number of esters is 2.